The lowest BCUT2D eigenvalue weighted by Gasteiger charge is -2.17. The number of alkyl halides is 1. The smallest absolute Gasteiger partial charge is 0.351 e. The third-order valence-electron chi connectivity index (χ3n) is 13.1. The summed E-state index contributed by atoms with van der Waals surface area (Å²) in [5.74, 6) is 0.974. The third-order valence-corrected chi connectivity index (χ3v) is 14.3. The summed E-state index contributed by atoms with van der Waals surface area (Å²) in [7, 11) is 0. The molecule has 34 heteroatoms. The van der Waals surface area contributed by atoms with Crippen LogP contribution in [0.15, 0.2) is 44.0 Å². The number of thioether (sulfide) groups is 1. The summed E-state index contributed by atoms with van der Waals surface area (Å²) in [6.07, 6.45) is -5.26. The summed E-state index contributed by atoms with van der Waals surface area (Å²) >= 11 is 7.02. The number of aliphatic hydroxyl groups excluding tert-OH is 12. The van der Waals surface area contributed by atoms with Gasteiger partial charge in [-0.3, -0.25) is 18.3 Å². The van der Waals surface area contributed by atoms with Crippen LogP contribution in [0.5, 0.6) is 0 Å². The van der Waals surface area contributed by atoms with Gasteiger partial charge in [-0.2, -0.15) is 31.7 Å². The van der Waals surface area contributed by atoms with Crippen molar-refractivity contribution in [3.8, 4) is 0 Å². The van der Waals surface area contributed by atoms with E-state index < -0.39 is 115 Å². The Morgan fingerprint density at radius 1 is 0.550 bits per heavy atom. The van der Waals surface area contributed by atoms with Crippen LogP contribution < -0.4 is 45.7 Å². The molecule has 4 aliphatic heterocycles. The van der Waals surface area contributed by atoms with Crippen molar-refractivity contribution in [1.29, 1.82) is 0 Å². The van der Waals surface area contributed by atoms with Crippen LogP contribution >= 0.6 is 23.4 Å². The quantitative estimate of drug-likeness (QED) is 0.0347. The second-order valence-corrected chi connectivity index (χ2v) is 20.1. The summed E-state index contributed by atoms with van der Waals surface area (Å²) in [6.45, 7) is 2.01. The van der Waals surface area contributed by atoms with Gasteiger partial charge in [-0.25, -0.2) is 19.2 Å². The van der Waals surface area contributed by atoms with Crippen LogP contribution in [0.4, 0.5) is 23.3 Å². The Hall–Kier alpha value is -5.28. The molecule has 80 heavy (non-hydrogen) atoms. The second kappa shape index (κ2) is 30.1. The fourth-order valence-electron chi connectivity index (χ4n) is 8.53. The van der Waals surface area contributed by atoms with E-state index in [2.05, 4.69) is 19.9 Å². The number of ether oxygens (including phenoxy) is 4. The van der Waals surface area contributed by atoms with Crippen molar-refractivity contribution in [2.24, 2.45) is 0 Å². The molecular weight excluding hydrogens is 1110 g/mol. The minimum Gasteiger partial charge on any atom is -0.396 e. The van der Waals surface area contributed by atoms with Gasteiger partial charge in [-0.1, -0.05) is 6.92 Å². The molecule has 32 nitrogen and oxygen atoms in total. The highest BCUT2D eigenvalue weighted by Crippen LogP contribution is 2.33. The molecule has 4 unspecified atom stereocenters. The zero-order chi connectivity index (χ0) is 59.3. The van der Waals surface area contributed by atoms with Crippen LogP contribution in [0.2, 0.25) is 0 Å². The van der Waals surface area contributed by atoms with Crippen molar-refractivity contribution < 1.29 is 80.2 Å². The van der Waals surface area contributed by atoms with E-state index >= 15 is 0 Å². The average molecular weight is 1180 g/mol. The molecular formula is C46H71ClN12O20S. The van der Waals surface area contributed by atoms with E-state index in [1.807, 2.05) is 0 Å². The number of aliphatic hydroxyl groups is 12. The molecule has 0 saturated carbocycles. The molecule has 4 aliphatic rings. The minimum atomic E-state index is -1.06. The summed E-state index contributed by atoms with van der Waals surface area (Å²) < 4.78 is 26.3. The highest BCUT2D eigenvalue weighted by molar-refractivity contribution is 7.98. The zero-order valence-electron chi connectivity index (χ0n) is 43.5. The molecule has 8 heterocycles. The fourth-order valence-corrected chi connectivity index (χ4v) is 9.42. The molecule has 15 atom stereocenters. The topological polar surface area (TPSA) is 523 Å². The van der Waals surface area contributed by atoms with E-state index in [1.54, 1.807) is 13.1 Å². The van der Waals surface area contributed by atoms with Crippen molar-refractivity contribution in [3.63, 3.8) is 0 Å². The predicted molar refractivity (Wildman–Crippen MR) is 283 cm³/mol. The summed E-state index contributed by atoms with van der Waals surface area (Å²) in [4.78, 5) is 62.0. The number of rotatable bonds is 17. The minimum absolute atomic E-state index is 0.0159. The first-order valence-electron chi connectivity index (χ1n) is 25.0. The molecule has 0 bridgehead atoms. The number of hydrogen-bond donors (Lipinski definition) is 16. The molecule has 20 N–H and O–H groups in total. The Morgan fingerprint density at radius 2 is 0.863 bits per heavy atom. The number of nitrogen functional groups attached to an aromatic ring is 4. The van der Waals surface area contributed by atoms with Gasteiger partial charge in [0.05, 0.1) is 81.6 Å². The summed E-state index contributed by atoms with van der Waals surface area (Å²) in [5, 5.41) is 113. The number of aromatic nitrogens is 8. The van der Waals surface area contributed by atoms with Crippen molar-refractivity contribution in [2.45, 2.75) is 144 Å². The Morgan fingerprint density at radius 3 is 1.16 bits per heavy atom. The maximum Gasteiger partial charge on any atom is 0.351 e. The van der Waals surface area contributed by atoms with Crippen molar-refractivity contribution in [2.75, 3.05) is 67.6 Å². The van der Waals surface area contributed by atoms with E-state index in [0.29, 0.717) is 34.6 Å². The van der Waals surface area contributed by atoms with Gasteiger partial charge in [0, 0.05) is 84.2 Å². The highest BCUT2D eigenvalue weighted by atomic mass is 35.5. The molecule has 4 aromatic heterocycles. The zero-order valence-corrected chi connectivity index (χ0v) is 45.0. The van der Waals surface area contributed by atoms with E-state index in [1.165, 1.54) is 46.4 Å². The predicted octanol–water partition coefficient (Wildman–Crippen LogP) is -5.14. The molecule has 0 spiro atoms. The first-order chi connectivity index (χ1) is 37.9. The van der Waals surface area contributed by atoms with Crippen molar-refractivity contribution in [3.05, 3.63) is 89.0 Å². The van der Waals surface area contributed by atoms with Crippen LogP contribution in [0.3, 0.4) is 0 Å². The van der Waals surface area contributed by atoms with Crippen LogP contribution in [-0.4, -0.2) is 193 Å². The van der Waals surface area contributed by atoms with Gasteiger partial charge in [-0.05, 0) is 13.3 Å². The van der Waals surface area contributed by atoms with E-state index in [-0.39, 0.29) is 93.4 Å². The molecule has 0 radical (unpaired) electrons. The number of anilines is 4. The van der Waals surface area contributed by atoms with Gasteiger partial charge in [0.2, 0.25) is 0 Å². The molecule has 0 amide bonds. The summed E-state index contributed by atoms with van der Waals surface area (Å²) in [6, 6.07) is 0. The van der Waals surface area contributed by atoms with Gasteiger partial charge in [-0.15, -0.1) is 11.6 Å². The maximum atomic E-state index is 11.9. The molecule has 8 rings (SSSR count). The number of nitrogens with zero attached hydrogens (tertiary/aromatic N) is 8. The molecule has 0 aromatic carbocycles. The van der Waals surface area contributed by atoms with Crippen LogP contribution in [0, 0.1) is 0 Å². The first kappa shape index (κ1) is 65.5. The molecule has 448 valence electrons. The van der Waals surface area contributed by atoms with E-state index in [4.69, 9.17) is 79.0 Å². The normalized spacial score (nSPS) is 27.3. The van der Waals surface area contributed by atoms with Crippen molar-refractivity contribution in [1.82, 2.24) is 38.2 Å². The lowest BCUT2D eigenvalue weighted by atomic mass is 10.1. The molecule has 4 fully saturated rings. The Kier molecular flexibility index (Phi) is 24.7. The summed E-state index contributed by atoms with van der Waals surface area (Å²) in [5.41, 5.74) is 21.5. The van der Waals surface area contributed by atoms with Crippen LogP contribution in [0.1, 0.15) is 111 Å². The van der Waals surface area contributed by atoms with Crippen LogP contribution in [0.25, 0.3) is 0 Å². The Balaban J connectivity index is 0.000000196. The third kappa shape index (κ3) is 16.2. The first-order valence-corrected chi connectivity index (χ1v) is 26.7. The lowest BCUT2D eigenvalue weighted by molar-refractivity contribution is -0.0460. The monoisotopic (exact) mass is 1180 g/mol. The maximum absolute atomic E-state index is 11.9. The standard InChI is InChI=1S/C12H19N3O5S.C12H19N3O5.C11H16ClN3O5.C11H17N3O5/c13-11-7(6-21-2-1-16)4-15(12(19)14-11)10-3-8(18)9(5-17)20-10;1-2-7(17)6-4-15(12(19)14-11(6)13)10-3-8(18)9(5-16)20-10;12-2-7(18)5-3-15(11(19)14-10(5)13)9-1-6(17)8(4-16)20-9;1-5(16)6-3-14(11(18)13-10(6)12)9-2-7(17)8(4-15)19-9/h4,8-10,16-18H,1-3,5-6H2,(H2,13,14,19);4,7-10,16-18H,2-3,5H2,1H3,(H2,13,14,19);3,6-9,16-18H,1-2,4H2,(H2,13,14,19);3,5,7-9,15-17H,2,4H2,1H3,(H2,12,13,18)/t8?,9-,10-;7-,8?,9-,10-;6?,7-,8-,9-;5-,7?,8-,9-/m1111/s1. The molecule has 0 aliphatic carbocycles. The number of halogens is 1. The SMILES string of the molecule is CC[C@@H](O)c1cn([C@H]2CC(O)[C@@H](CO)O2)c(=O)nc1N.C[C@@H](O)c1cn([C@H]2CC(O)[C@@H](CO)O2)c(=O)nc1N.Nc1nc(=O)n([C@H]2CC(O)[C@@H](CO)O2)cc1CSCCO.Nc1nc(=O)n([C@H]2CC(O)[C@@H](CO)O2)cc1[C@H](O)CCl. The van der Waals surface area contributed by atoms with Crippen molar-refractivity contribution >= 4 is 46.6 Å². The van der Waals surface area contributed by atoms with E-state index in [9.17, 15) is 54.9 Å². The van der Waals surface area contributed by atoms with Gasteiger partial charge < -0.3 is 103 Å². The van der Waals surface area contributed by atoms with E-state index in [0.717, 1.165) is 9.13 Å². The van der Waals surface area contributed by atoms with Gasteiger partial charge in [0.25, 0.3) is 0 Å². The number of hydrogen-bond acceptors (Lipinski definition) is 29. The van der Waals surface area contributed by atoms with Gasteiger partial charge in [0.1, 0.15) is 72.6 Å². The molecule has 4 aromatic rings. The number of nitrogens with two attached hydrogens (primary N) is 4. The second-order valence-electron chi connectivity index (χ2n) is 18.7. The van der Waals surface area contributed by atoms with Gasteiger partial charge in [0.15, 0.2) is 0 Å². The Labute approximate surface area is 464 Å². The average Bonchev–Trinajstić information content (AvgIpc) is 4.21. The largest absolute Gasteiger partial charge is 0.396 e. The fraction of sp³-hybridized carbons (Fsp3) is 0.652. The van der Waals surface area contributed by atoms with Crippen LogP contribution in [-0.2, 0) is 24.7 Å². The lowest BCUT2D eigenvalue weighted by Crippen LogP contribution is -2.29. The molecule has 4 saturated heterocycles. The highest BCUT2D eigenvalue weighted by Gasteiger charge is 2.39. The Bertz CT molecular complexity index is 2790. The van der Waals surface area contributed by atoms with Gasteiger partial charge >= 0.3 is 22.8 Å².